The summed E-state index contributed by atoms with van der Waals surface area (Å²) < 4.78 is 0. The lowest BCUT2D eigenvalue weighted by Crippen LogP contribution is -1.98. The van der Waals surface area contributed by atoms with Gasteiger partial charge in [0.15, 0.2) is 5.78 Å². The minimum absolute atomic E-state index is 0.0290. The standard InChI is InChI=1S/C10H11NO3S/c1-3-10(12)7-4-8(11(13)14)6-9(5-7)15-2/h4-6H,3H2,1-2H3. The van der Waals surface area contributed by atoms with Crippen LogP contribution in [0.5, 0.6) is 0 Å². The van der Waals surface area contributed by atoms with Crippen molar-refractivity contribution in [3.63, 3.8) is 0 Å². The van der Waals surface area contributed by atoms with E-state index in [9.17, 15) is 14.9 Å². The Balaban J connectivity index is 3.23. The summed E-state index contributed by atoms with van der Waals surface area (Å²) in [5.74, 6) is -0.0750. The first kappa shape index (κ1) is 11.7. The van der Waals surface area contributed by atoms with Gasteiger partial charge in [-0.3, -0.25) is 14.9 Å². The van der Waals surface area contributed by atoms with Crippen molar-refractivity contribution in [1.29, 1.82) is 0 Å². The highest BCUT2D eigenvalue weighted by molar-refractivity contribution is 7.98. The highest BCUT2D eigenvalue weighted by Gasteiger charge is 2.12. The van der Waals surface area contributed by atoms with Crippen LogP contribution in [0, 0.1) is 10.1 Å². The Hall–Kier alpha value is -1.36. The van der Waals surface area contributed by atoms with Crippen LogP contribution in [-0.2, 0) is 0 Å². The molecule has 0 saturated heterocycles. The number of Topliss-reactive ketones (excluding diaryl/α,β-unsaturated/α-hetero) is 1. The van der Waals surface area contributed by atoms with Gasteiger partial charge in [-0.15, -0.1) is 11.8 Å². The lowest BCUT2D eigenvalue weighted by atomic mass is 10.1. The molecule has 0 spiro atoms. The second kappa shape index (κ2) is 4.93. The van der Waals surface area contributed by atoms with Crippen molar-refractivity contribution < 1.29 is 9.72 Å². The van der Waals surface area contributed by atoms with Crippen LogP contribution in [0.1, 0.15) is 23.7 Å². The molecule has 80 valence electrons. The fourth-order valence-electron chi connectivity index (χ4n) is 1.17. The fraction of sp³-hybridized carbons (Fsp3) is 0.300. The van der Waals surface area contributed by atoms with E-state index in [1.807, 2.05) is 6.26 Å². The van der Waals surface area contributed by atoms with Crippen LogP contribution in [0.25, 0.3) is 0 Å². The Labute approximate surface area is 91.8 Å². The van der Waals surface area contributed by atoms with Crippen LogP contribution in [0.3, 0.4) is 0 Å². The normalized spacial score (nSPS) is 10.0. The lowest BCUT2D eigenvalue weighted by Gasteiger charge is -2.01. The molecule has 0 N–H and O–H groups in total. The third kappa shape index (κ3) is 2.79. The molecule has 0 bridgehead atoms. The van der Waals surface area contributed by atoms with E-state index in [4.69, 9.17) is 0 Å². The first-order valence-corrected chi connectivity index (χ1v) is 5.67. The molecule has 4 nitrogen and oxygen atoms in total. The molecule has 0 aliphatic carbocycles. The predicted molar refractivity (Wildman–Crippen MR) is 59.5 cm³/mol. The van der Waals surface area contributed by atoms with E-state index in [0.717, 1.165) is 4.90 Å². The summed E-state index contributed by atoms with van der Waals surface area (Å²) in [5.41, 5.74) is 0.384. The first-order chi connectivity index (χ1) is 7.08. The Morgan fingerprint density at radius 2 is 2.13 bits per heavy atom. The second-order valence-electron chi connectivity index (χ2n) is 2.95. The number of ketones is 1. The van der Waals surface area contributed by atoms with E-state index in [0.29, 0.717) is 12.0 Å². The Kier molecular flexibility index (Phi) is 3.85. The van der Waals surface area contributed by atoms with Crippen LogP contribution in [0.4, 0.5) is 5.69 Å². The van der Waals surface area contributed by atoms with Gasteiger partial charge in [0.2, 0.25) is 0 Å². The average molecular weight is 225 g/mol. The van der Waals surface area contributed by atoms with Crippen molar-refractivity contribution >= 4 is 23.2 Å². The predicted octanol–water partition coefficient (Wildman–Crippen LogP) is 2.91. The molecule has 15 heavy (non-hydrogen) atoms. The van der Waals surface area contributed by atoms with Crippen LogP contribution >= 0.6 is 11.8 Å². The Morgan fingerprint density at radius 1 is 1.47 bits per heavy atom. The van der Waals surface area contributed by atoms with E-state index in [2.05, 4.69) is 0 Å². The molecule has 0 aliphatic heterocycles. The van der Waals surface area contributed by atoms with Gasteiger partial charge in [0, 0.05) is 29.0 Å². The first-order valence-electron chi connectivity index (χ1n) is 4.45. The number of nitro groups is 1. The maximum absolute atomic E-state index is 11.4. The van der Waals surface area contributed by atoms with Crippen molar-refractivity contribution in [3.8, 4) is 0 Å². The summed E-state index contributed by atoms with van der Waals surface area (Å²) in [7, 11) is 0. The maximum Gasteiger partial charge on any atom is 0.271 e. The Bertz CT molecular complexity index is 404. The van der Waals surface area contributed by atoms with Crippen molar-refractivity contribution in [3.05, 3.63) is 33.9 Å². The zero-order chi connectivity index (χ0) is 11.4. The third-order valence-corrected chi connectivity index (χ3v) is 2.69. The summed E-state index contributed by atoms with van der Waals surface area (Å²) in [5, 5.41) is 10.6. The summed E-state index contributed by atoms with van der Waals surface area (Å²) in [6, 6.07) is 4.48. The minimum Gasteiger partial charge on any atom is -0.294 e. The van der Waals surface area contributed by atoms with Crippen molar-refractivity contribution in [2.24, 2.45) is 0 Å². The number of hydrogen-bond acceptors (Lipinski definition) is 4. The molecule has 0 saturated carbocycles. The van der Waals surface area contributed by atoms with Gasteiger partial charge in [0.05, 0.1) is 4.92 Å². The summed E-state index contributed by atoms with van der Waals surface area (Å²) >= 11 is 1.39. The molecule has 5 heteroatoms. The number of hydrogen-bond donors (Lipinski definition) is 0. The molecule has 0 amide bonds. The molecule has 0 aromatic heterocycles. The van der Waals surface area contributed by atoms with Crippen LogP contribution in [0.2, 0.25) is 0 Å². The van der Waals surface area contributed by atoms with E-state index in [-0.39, 0.29) is 11.5 Å². The number of benzene rings is 1. The van der Waals surface area contributed by atoms with Crippen LogP contribution < -0.4 is 0 Å². The highest BCUT2D eigenvalue weighted by Crippen LogP contribution is 2.24. The zero-order valence-electron chi connectivity index (χ0n) is 8.52. The van der Waals surface area contributed by atoms with Gasteiger partial charge in [0.25, 0.3) is 5.69 Å². The van der Waals surface area contributed by atoms with Gasteiger partial charge >= 0.3 is 0 Å². The smallest absolute Gasteiger partial charge is 0.271 e. The number of rotatable bonds is 4. The van der Waals surface area contributed by atoms with Crippen molar-refractivity contribution in [2.45, 2.75) is 18.2 Å². The quantitative estimate of drug-likeness (QED) is 0.342. The lowest BCUT2D eigenvalue weighted by molar-refractivity contribution is -0.385. The molecular weight excluding hydrogens is 214 g/mol. The maximum atomic E-state index is 11.4. The van der Waals surface area contributed by atoms with Crippen LogP contribution in [-0.4, -0.2) is 17.0 Å². The minimum atomic E-state index is -0.480. The monoisotopic (exact) mass is 225 g/mol. The van der Waals surface area contributed by atoms with Crippen molar-refractivity contribution in [2.75, 3.05) is 6.26 Å². The van der Waals surface area contributed by atoms with Gasteiger partial charge in [-0.25, -0.2) is 0 Å². The molecule has 1 rings (SSSR count). The topological polar surface area (TPSA) is 60.2 Å². The third-order valence-electron chi connectivity index (χ3n) is 1.98. The molecule has 0 atom stereocenters. The number of carbonyl (C=O) groups is 1. The SMILES string of the molecule is CCC(=O)c1cc(SC)cc([N+](=O)[O-])c1. The van der Waals surface area contributed by atoms with E-state index >= 15 is 0 Å². The molecule has 0 fully saturated rings. The van der Waals surface area contributed by atoms with Gasteiger partial charge in [-0.1, -0.05) is 6.92 Å². The fourth-order valence-corrected chi connectivity index (χ4v) is 1.66. The number of nitrogens with zero attached hydrogens (tertiary/aromatic N) is 1. The number of thioether (sulfide) groups is 1. The Morgan fingerprint density at radius 3 is 2.60 bits per heavy atom. The van der Waals surface area contributed by atoms with Gasteiger partial charge in [-0.2, -0.15) is 0 Å². The van der Waals surface area contributed by atoms with E-state index in [1.165, 1.54) is 23.9 Å². The highest BCUT2D eigenvalue weighted by atomic mass is 32.2. The average Bonchev–Trinajstić information content (AvgIpc) is 2.27. The largest absolute Gasteiger partial charge is 0.294 e. The summed E-state index contributed by atoms with van der Waals surface area (Å²) in [6.45, 7) is 1.74. The molecule has 0 unspecified atom stereocenters. The summed E-state index contributed by atoms with van der Waals surface area (Å²) in [4.78, 5) is 22.3. The van der Waals surface area contributed by atoms with Gasteiger partial charge < -0.3 is 0 Å². The summed E-state index contributed by atoms with van der Waals surface area (Å²) in [6.07, 6.45) is 2.17. The van der Waals surface area contributed by atoms with Gasteiger partial charge in [-0.05, 0) is 12.3 Å². The van der Waals surface area contributed by atoms with Gasteiger partial charge in [0.1, 0.15) is 0 Å². The zero-order valence-corrected chi connectivity index (χ0v) is 9.34. The van der Waals surface area contributed by atoms with E-state index < -0.39 is 4.92 Å². The molecule has 0 aliphatic rings. The number of non-ortho nitro benzene ring substituents is 1. The van der Waals surface area contributed by atoms with Crippen molar-refractivity contribution in [1.82, 2.24) is 0 Å². The van der Waals surface area contributed by atoms with Crippen LogP contribution in [0.15, 0.2) is 23.1 Å². The molecule has 0 radical (unpaired) electrons. The van der Waals surface area contributed by atoms with E-state index in [1.54, 1.807) is 13.0 Å². The number of carbonyl (C=O) groups excluding carboxylic acids is 1. The molecule has 1 aromatic rings. The molecule has 1 aromatic carbocycles. The second-order valence-corrected chi connectivity index (χ2v) is 3.83. The molecular formula is C10H11NO3S. The number of nitro benzene ring substituents is 1. The molecule has 0 heterocycles.